The molecule has 1 spiro atoms. The summed E-state index contributed by atoms with van der Waals surface area (Å²) in [4.78, 5) is 38.8. The highest BCUT2D eigenvalue weighted by molar-refractivity contribution is 6.06. The third-order valence-corrected chi connectivity index (χ3v) is 4.44. The van der Waals surface area contributed by atoms with Crippen LogP contribution in [0.2, 0.25) is 0 Å². The Morgan fingerprint density at radius 3 is 2.43 bits per heavy atom. The lowest BCUT2D eigenvalue weighted by molar-refractivity contribution is -0.139. The topological polar surface area (TPSA) is 79.0 Å². The van der Waals surface area contributed by atoms with Gasteiger partial charge in [-0.25, -0.2) is 4.79 Å². The van der Waals surface area contributed by atoms with Gasteiger partial charge in [0.05, 0.1) is 0 Å². The smallest absolute Gasteiger partial charge is 0.324 e. The molecule has 2 aliphatic rings. The molecule has 1 aromatic rings. The lowest BCUT2D eigenvalue weighted by Gasteiger charge is -2.37. The molecule has 2 heterocycles. The Morgan fingerprint density at radius 1 is 1.22 bits per heavy atom. The fourth-order valence-corrected chi connectivity index (χ4v) is 2.99. The van der Waals surface area contributed by atoms with Crippen LogP contribution in [0.4, 0.5) is 4.79 Å². The highest BCUT2D eigenvalue weighted by atomic mass is 16.5. The number of rotatable bonds is 3. The fraction of sp³-hybridized carbons (Fsp3) is 0.438. The highest BCUT2D eigenvalue weighted by Gasteiger charge is 2.51. The van der Waals surface area contributed by atoms with Crippen LogP contribution < -0.4 is 10.1 Å². The van der Waals surface area contributed by atoms with Crippen molar-refractivity contribution in [3.63, 3.8) is 0 Å². The van der Waals surface area contributed by atoms with Gasteiger partial charge in [-0.3, -0.25) is 14.5 Å². The second kappa shape index (κ2) is 5.91. The van der Waals surface area contributed by atoms with Crippen molar-refractivity contribution >= 4 is 17.8 Å². The van der Waals surface area contributed by atoms with E-state index in [2.05, 4.69) is 5.32 Å². The number of piperidine rings is 1. The van der Waals surface area contributed by atoms with Gasteiger partial charge in [0.15, 0.2) is 6.61 Å². The largest absolute Gasteiger partial charge is 0.484 e. The molecule has 0 radical (unpaired) electrons. The maximum atomic E-state index is 12.2. The standard InChI is InChI=1S/C16H19N3O4/c1-18-14(21)16(17-15(18)22)7-9-19(10-8-16)13(20)11-23-12-5-3-2-4-6-12/h2-6H,7-11H2,1H3,(H,17,22). The molecule has 2 saturated heterocycles. The van der Waals surface area contributed by atoms with E-state index in [-0.39, 0.29) is 24.5 Å². The van der Waals surface area contributed by atoms with Crippen molar-refractivity contribution in [1.29, 1.82) is 0 Å². The molecule has 3 rings (SSSR count). The normalized spacial score (nSPS) is 19.9. The molecule has 7 nitrogen and oxygen atoms in total. The first-order chi connectivity index (χ1) is 11.0. The molecule has 2 aliphatic heterocycles. The third-order valence-electron chi connectivity index (χ3n) is 4.44. The molecule has 0 aliphatic carbocycles. The Labute approximate surface area is 134 Å². The summed E-state index contributed by atoms with van der Waals surface area (Å²) >= 11 is 0. The minimum absolute atomic E-state index is 0.0305. The summed E-state index contributed by atoms with van der Waals surface area (Å²) in [6.45, 7) is 0.824. The van der Waals surface area contributed by atoms with Crippen LogP contribution in [0.5, 0.6) is 5.75 Å². The number of likely N-dealkylation sites (N-methyl/N-ethyl adjacent to an activating group) is 1. The quantitative estimate of drug-likeness (QED) is 0.829. The average Bonchev–Trinajstić information content (AvgIpc) is 2.78. The Morgan fingerprint density at radius 2 is 1.87 bits per heavy atom. The zero-order valence-corrected chi connectivity index (χ0v) is 12.9. The van der Waals surface area contributed by atoms with Crippen LogP contribution in [-0.4, -0.2) is 59.9 Å². The lowest BCUT2D eigenvalue weighted by atomic mass is 9.87. The van der Waals surface area contributed by atoms with Gasteiger partial charge in [-0.15, -0.1) is 0 Å². The highest BCUT2D eigenvalue weighted by Crippen LogP contribution is 2.28. The summed E-state index contributed by atoms with van der Waals surface area (Å²) in [6.07, 6.45) is 0.859. The molecule has 0 unspecified atom stereocenters. The van der Waals surface area contributed by atoms with Crippen LogP contribution in [0.25, 0.3) is 0 Å². The molecule has 0 atom stereocenters. The summed E-state index contributed by atoms with van der Waals surface area (Å²) in [5.41, 5.74) is -0.844. The Kier molecular flexibility index (Phi) is 3.94. The van der Waals surface area contributed by atoms with E-state index in [9.17, 15) is 14.4 Å². The number of carbonyl (C=O) groups is 3. The van der Waals surface area contributed by atoms with E-state index >= 15 is 0 Å². The zero-order valence-electron chi connectivity index (χ0n) is 12.9. The number of carbonyl (C=O) groups excluding carboxylic acids is 3. The molecule has 0 aromatic heterocycles. The van der Waals surface area contributed by atoms with Gasteiger partial charge in [0.1, 0.15) is 11.3 Å². The number of hydrogen-bond acceptors (Lipinski definition) is 4. The minimum Gasteiger partial charge on any atom is -0.484 e. The molecule has 0 saturated carbocycles. The van der Waals surface area contributed by atoms with E-state index in [1.165, 1.54) is 7.05 Å². The molecule has 0 bridgehead atoms. The maximum absolute atomic E-state index is 12.2. The van der Waals surface area contributed by atoms with Crippen molar-refractivity contribution < 1.29 is 19.1 Å². The van der Waals surface area contributed by atoms with Crippen LogP contribution >= 0.6 is 0 Å². The molecule has 4 amide bonds. The first-order valence-corrected chi connectivity index (χ1v) is 7.58. The number of nitrogens with zero attached hydrogens (tertiary/aromatic N) is 2. The molecule has 2 fully saturated rings. The predicted molar refractivity (Wildman–Crippen MR) is 81.8 cm³/mol. The number of benzene rings is 1. The van der Waals surface area contributed by atoms with Gasteiger partial charge in [0.2, 0.25) is 0 Å². The summed E-state index contributed by atoms with van der Waals surface area (Å²) in [5.74, 6) is 0.318. The predicted octanol–water partition coefficient (Wildman–Crippen LogP) is 0.608. The van der Waals surface area contributed by atoms with E-state index in [0.717, 1.165) is 4.90 Å². The SMILES string of the molecule is CN1C(=O)NC2(CCN(C(=O)COc3ccccc3)CC2)C1=O. The monoisotopic (exact) mass is 317 g/mol. The van der Waals surface area contributed by atoms with Gasteiger partial charge < -0.3 is 15.0 Å². The van der Waals surface area contributed by atoms with E-state index in [1.807, 2.05) is 18.2 Å². The van der Waals surface area contributed by atoms with Crippen LogP contribution in [-0.2, 0) is 9.59 Å². The van der Waals surface area contributed by atoms with E-state index in [0.29, 0.717) is 31.7 Å². The van der Waals surface area contributed by atoms with Crippen LogP contribution in [0.15, 0.2) is 30.3 Å². The van der Waals surface area contributed by atoms with Crippen molar-refractivity contribution in [2.75, 3.05) is 26.7 Å². The molecule has 122 valence electrons. The second-order valence-corrected chi connectivity index (χ2v) is 5.86. The first kappa shape index (κ1) is 15.3. The summed E-state index contributed by atoms with van der Waals surface area (Å²) in [7, 11) is 1.47. The second-order valence-electron chi connectivity index (χ2n) is 5.86. The minimum atomic E-state index is -0.844. The number of likely N-dealkylation sites (tertiary alicyclic amines) is 1. The number of para-hydroxylation sites is 1. The Hall–Kier alpha value is -2.57. The molecular formula is C16H19N3O4. The number of urea groups is 1. The Bertz CT molecular complexity index is 623. The summed E-state index contributed by atoms with van der Waals surface area (Å²) in [6, 6.07) is 8.78. The van der Waals surface area contributed by atoms with E-state index < -0.39 is 5.54 Å². The maximum Gasteiger partial charge on any atom is 0.324 e. The van der Waals surface area contributed by atoms with Crippen LogP contribution in [0, 0.1) is 0 Å². The molecular weight excluding hydrogens is 298 g/mol. The van der Waals surface area contributed by atoms with Crippen LogP contribution in [0.3, 0.4) is 0 Å². The van der Waals surface area contributed by atoms with Gasteiger partial charge in [0, 0.05) is 20.1 Å². The van der Waals surface area contributed by atoms with Gasteiger partial charge in [0.25, 0.3) is 11.8 Å². The molecule has 1 aromatic carbocycles. The van der Waals surface area contributed by atoms with Crippen molar-refractivity contribution in [3.05, 3.63) is 30.3 Å². The van der Waals surface area contributed by atoms with Gasteiger partial charge in [-0.05, 0) is 25.0 Å². The van der Waals surface area contributed by atoms with Gasteiger partial charge in [-0.2, -0.15) is 0 Å². The number of amides is 4. The average molecular weight is 317 g/mol. The van der Waals surface area contributed by atoms with E-state index in [1.54, 1.807) is 17.0 Å². The van der Waals surface area contributed by atoms with Gasteiger partial charge in [-0.1, -0.05) is 18.2 Å². The molecule has 7 heteroatoms. The number of hydrogen-bond donors (Lipinski definition) is 1. The van der Waals surface area contributed by atoms with Crippen molar-refractivity contribution in [2.24, 2.45) is 0 Å². The fourth-order valence-electron chi connectivity index (χ4n) is 2.99. The first-order valence-electron chi connectivity index (χ1n) is 7.58. The Balaban J connectivity index is 1.54. The summed E-state index contributed by atoms with van der Waals surface area (Å²) < 4.78 is 5.46. The molecule has 23 heavy (non-hydrogen) atoms. The van der Waals surface area contributed by atoms with Crippen LogP contribution in [0.1, 0.15) is 12.8 Å². The summed E-state index contributed by atoms with van der Waals surface area (Å²) in [5, 5.41) is 2.75. The van der Waals surface area contributed by atoms with Crippen molar-refractivity contribution in [1.82, 2.24) is 15.1 Å². The van der Waals surface area contributed by atoms with Gasteiger partial charge >= 0.3 is 6.03 Å². The van der Waals surface area contributed by atoms with Crippen molar-refractivity contribution in [3.8, 4) is 5.75 Å². The number of nitrogens with one attached hydrogen (secondary N) is 1. The van der Waals surface area contributed by atoms with Crippen molar-refractivity contribution in [2.45, 2.75) is 18.4 Å². The third kappa shape index (κ3) is 2.86. The lowest BCUT2D eigenvalue weighted by Crippen LogP contribution is -2.56. The molecule has 1 N–H and O–H groups in total. The number of ether oxygens (including phenoxy) is 1. The zero-order chi connectivity index (χ0) is 16.4. The number of imide groups is 1. The van der Waals surface area contributed by atoms with E-state index in [4.69, 9.17) is 4.74 Å².